The summed E-state index contributed by atoms with van der Waals surface area (Å²) in [6.45, 7) is 0.326. The molecular formula is C19H20ClNO5. The summed E-state index contributed by atoms with van der Waals surface area (Å²) in [7, 11) is 1.54. The van der Waals surface area contributed by atoms with E-state index in [4.69, 9.17) is 26.2 Å². The van der Waals surface area contributed by atoms with Gasteiger partial charge in [-0.2, -0.15) is 0 Å². The smallest absolute Gasteiger partial charge is 0.303 e. The molecule has 2 aromatic rings. The molecule has 0 aromatic heterocycles. The maximum atomic E-state index is 12.2. The number of amides is 1. The Labute approximate surface area is 156 Å². The fourth-order valence-electron chi connectivity index (χ4n) is 2.31. The molecule has 0 spiro atoms. The van der Waals surface area contributed by atoms with E-state index in [2.05, 4.69) is 5.32 Å². The molecule has 0 radical (unpaired) electrons. The zero-order valence-electron chi connectivity index (χ0n) is 14.3. The van der Waals surface area contributed by atoms with Crippen molar-refractivity contribution in [3.05, 3.63) is 53.1 Å². The first-order valence-electron chi connectivity index (χ1n) is 8.05. The molecule has 0 saturated carbocycles. The third-order valence-corrected chi connectivity index (χ3v) is 3.77. The molecule has 7 heteroatoms. The molecule has 2 rings (SSSR count). The van der Waals surface area contributed by atoms with Crippen molar-refractivity contribution in [1.29, 1.82) is 0 Å². The molecule has 2 aromatic carbocycles. The lowest BCUT2D eigenvalue weighted by molar-refractivity contribution is -0.137. The molecule has 0 aliphatic rings. The van der Waals surface area contributed by atoms with Crippen LogP contribution in [0.5, 0.6) is 11.5 Å². The summed E-state index contributed by atoms with van der Waals surface area (Å²) in [5.41, 5.74) is 1.34. The highest BCUT2D eigenvalue weighted by Gasteiger charge is 2.10. The number of ether oxygens (including phenoxy) is 2. The molecule has 0 aliphatic heterocycles. The first kappa shape index (κ1) is 19.6. The fourth-order valence-corrected chi connectivity index (χ4v) is 2.51. The second-order valence-electron chi connectivity index (χ2n) is 5.55. The Morgan fingerprint density at radius 3 is 2.54 bits per heavy atom. The van der Waals surface area contributed by atoms with Gasteiger partial charge in [-0.1, -0.05) is 11.6 Å². The van der Waals surface area contributed by atoms with Gasteiger partial charge in [-0.15, -0.1) is 0 Å². The van der Waals surface area contributed by atoms with E-state index in [1.54, 1.807) is 49.6 Å². The molecule has 0 saturated heterocycles. The molecule has 0 bridgehead atoms. The van der Waals surface area contributed by atoms with Crippen molar-refractivity contribution in [2.24, 2.45) is 0 Å². The molecule has 2 N–H and O–H groups in total. The number of anilines is 1. The van der Waals surface area contributed by atoms with E-state index in [1.165, 1.54) is 0 Å². The number of nitrogens with one attached hydrogen (secondary N) is 1. The van der Waals surface area contributed by atoms with Crippen molar-refractivity contribution in [3.8, 4) is 11.5 Å². The van der Waals surface area contributed by atoms with Crippen molar-refractivity contribution < 1.29 is 24.2 Å². The van der Waals surface area contributed by atoms with Crippen LogP contribution in [0.2, 0.25) is 5.02 Å². The second kappa shape index (κ2) is 9.68. The predicted octanol–water partition coefficient (Wildman–Crippen LogP) is 3.77. The summed E-state index contributed by atoms with van der Waals surface area (Å²) >= 11 is 5.97. The third kappa shape index (κ3) is 6.29. The minimum Gasteiger partial charge on any atom is -0.496 e. The van der Waals surface area contributed by atoms with E-state index in [9.17, 15) is 9.59 Å². The fraction of sp³-hybridized carbons (Fsp3) is 0.263. The van der Waals surface area contributed by atoms with E-state index < -0.39 is 5.97 Å². The SMILES string of the molecule is COc1ccc(Cl)cc1CC(=O)Nc1ccc(OCCCC(=O)O)cc1. The van der Waals surface area contributed by atoms with Crippen molar-refractivity contribution in [3.63, 3.8) is 0 Å². The van der Waals surface area contributed by atoms with Gasteiger partial charge in [0.15, 0.2) is 0 Å². The average molecular weight is 378 g/mol. The summed E-state index contributed by atoms with van der Waals surface area (Å²) in [6, 6.07) is 12.0. The van der Waals surface area contributed by atoms with E-state index in [-0.39, 0.29) is 18.7 Å². The van der Waals surface area contributed by atoms with Crippen molar-refractivity contribution >= 4 is 29.2 Å². The number of hydrogen-bond donors (Lipinski definition) is 2. The van der Waals surface area contributed by atoms with Gasteiger partial charge >= 0.3 is 5.97 Å². The number of hydrogen-bond acceptors (Lipinski definition) is 4. The zero-order chi connectivity index (χ0) is 18.9. The summed E-state index contributed by atoms with van der Waals surface area (Å²) in [4.78, 5) is 22.7. The van der Waals surface area contributed by atoms with Gasteiger partial charge in [-0.05, 0) is 48.9 Å². The first-order chi connectivity index (χ1) is 12.5. The Hall–Kier alpha value is -2.73. The number of carboxylic acid groups (broad SMARTS) is 1. The molecule has 0 unspecified atom stereocenters. The van der Waals surface area contributed by atoms with Crippen LogP contribution in [0.4, 0.5) is 5.69 Å². The van der Waals surface area contributed by atoms with Crippen LogP contribution < -0.4 is 14.8 Å². The van der Waals surface area contributed by atoms with Crippen LogP contribution in [0.3, 0.4) is 0 Å². The topological polar surface area (TPSA) is 84.9 Å². The largest absolute Gasteiger partial charge is 0.496 e. The lowest BCUT2D eigenvalue weighted by atomic mass is 10.1. The van der Waals surface area contributed by atoms with Crippen LogP contribution in [-0.4, -0.2) is 30.7 Å². The highest BCUT2D eigenvalue weighted by Crippen LogP contribution is 2.23. The lowest BCUT2D eigenvalue weighted by Gasteiger charge is -2.10. The number of methoxy groups -OCH3 is 1. The summed E-state index contributed by atoms with van der Waals surface area (Å²) < 4.78 is 10.7. The van der Waals surface area contributed by atoms with Gasteiger partial charge in [0.25, 0.3) is 0 Å². The Balaban J connectivity index is 1.87. The van der Waals surface area contributed by atoms with Crippen LogP contribution in [0, 0.1) is 0 Å². The van der Waals surface area contributed by atoms with Crippen LogP contribution >= 0.6 is 11.6 Å². The quantitative estimate of drug-likeness (QED) is 0.650. The lowest BCUT2D eigenvalue weighted by Crippen LogP contribution is -2.15. The van der Waals surface area contributed by atoms with Gasteiger partial charge in [0.1, 0.15) is 11.5 Å². The highest BCUT2D eigenvalue weighted by molar-refractivity contribution is 6.30. The van der Waals surface area contributed by atoms with Crippen LogP contribution in [-0.2, 0) is 16.0 Å². The highest BCUT2D eigenvalue weighted by atomic mass is 35.5. The molecule has 0 aliphatic carbocycles. The van der Waals surface area contributed by atoms with Gasteiger partial charge in [0.05, 0.1) is 20.1 Å². The second-order valence-corrected chi connectivity index (χ2v) is 5.99. The van der Waals surface area contributed by atoms with E-state index in [0.717, 1.165) is 0 Å². The van der Waals surface area contributed by atoms with Gasteiger partial charge in [0.2, 0.25) is 5.91 Å². The maximum Gasteiger partial charge on any atom is 0.303 e. The standard InChI is InChI=1S/C19H20ClNO5/c1-25-17-9-4-14(20)11-13(17)12-18(22)21-15-5-7-16(8-6-15)26-10-2-3-19(23)24/h4-9,11H,2-3,10,12H2,1H3,(H,21,22)(H,23,24). The molecule has 0 heterocycles. The van der Waals surface area contributed by atoms with Crippen LogP contribution in [0.25, 0.3) is 0 Å². The number of rotatable bonds is 9. The number of halogens is 1. The summed E-state index contributed by atoms with van der Waals surface area (Å²) in [5.74, 6) is 0.184. The Kier molecular flexibility index (Phi) is 7.29. The minimum absolute atomic E-state index is 0.0705. The van der Waals surface area contributed by atoms with E-state index in [0.29, 0.717) is 40.8 Å². The van der Waals surface area contributed by atoms with Crippen molar-refractivity contribution in [2.75, 3.05) is 19.0 Å². The Morgan fingerprint density at radius 2 is 1.88 bits per heavy atom. The van der Waals surface area contributed by atoms with Crippen molar-refractivity contribution in [1.82, 2.24) is 0 Å². The molecule has 0 fully saturated rings. The monoisotopic (exact) mass is 377 g/mol. The number of carboxylic acids is 1. The number of benzene rings is 2. The number of carbonyl (C=O) groups is 2. The van der Waals surface area contributed by atoms with Gasteiger partial charge < -0.3 is 19.9 Å². The van der Waals surface area contributed by atoms with Gasteiger partial charge in [-0.3, -0.25) is 9.59 Å². The van der Waals surface area contributed by atoms with Crippen LogP contribution in [0.1, 0.15) is 18.4 Å². The molecule has 138 valence electrons. The Morgan fingerprint density at radius 1 is 1.15 bits per heavy atom. The van der Waals surface area contributed by atoms with Crippen molar-refractivity contribution in [2.45, 2.75) is 19.3 Å². The zero-order valence-corrected chi connectivity index (χ0v) is 15.1. The molecule has 1 amide bonds. The van der Waals surface area contributed by atoms with Gasteiger partial charge in [0, 0.05) is 22.7 Å². The normalized spacial score (nSPS) is 10.2. The molecule has 0 atom stereocenters. The molecular weight excluding hydrogens is 358 g/mol. The van der Waals surface area contributed by atoms with E-state index >= 15 is 0 Å². The third-order valence-electron chi connectivity index (χ3n) is 3.54. The van der Waals surface area contributed by atoms with Gasteiger partial charge in [-0.25, -0.2) is 0 Å². The maximum absolute atomic E-state index is 12.2. The predicted molar refractivity (Wildman–Crippen MR) is 99.1 cm³/mol. The number of carbonyl (C=O) groups excluding carboxylic acids is 1. The average Bonchev–Trinajstić information content (AvgIpc) is 2.60. The molecule has 26 heavy (non-hydrogen) atoms. The minimum atomic E-state index is -0.844. The Bertz CT molecular complexity index is 761. The molecule has 6 nitrogen and oxygen atoms in total. The number of aliphatic carboxylic acids is 1. The summed E-state index contributed by atoms with van der Waals surface area (Å²) in [5, 5.41) is 11.9. The van der Waals surface area contributed by atoms with Crippen LogP contribution in [0.15, 0.2) is 42.5 Å². The first-order valence-corrected chi connectivity index (χ1v) is 8.42. The van der Waals surface area contributed by atoms with E-state index in [1.807, 2.05) is 0 Å². The summed E-state index contributed by atoms with van der Waals surface area (Å²) in [6.07, 6.45) is 0.646.